The highest BCUT2D eigenvalue weighted by Gasteiger charge is 2.16. The van der Waals surface area contributed by atoms with Crippen LogP contribution in [0.1, 0.15) is 34.5 Å². The molecular weight excluding hydrogens is 248 g/mol. The van der Waals surface area contributed by atoms with Gasteiger partial charge in [-0.25, -0.2) is 4.79 Å². The summed E-state index contributed by atoms with van der Waals surface area (Å²) in [6.07, 6.45) is 0.793. The Labute approximate surface area is 111 Å². The first kappa shape index (κ1) is 14.9. The van der Waals surface area contributed by atoms with Gasteiger partial charge in [0.25, 0.3) is 5.56 Å². The number of carboxylic acids is 1. The van der Waals surface area contributed by atoms with E-state index in [0.717, 1.165) is 0 Å². The Hall–Kier alpha value is -2.11. The van der Waals surface area contributed by atoms with E-state index in [1.807, 2.05) is 0 Å². The summed E-state index contributed by atoms with van der Waals surface area (Å²) in [7, 11) is 1.55. The van der Waals surface area contributed by atoms with Gasteiger partial charge in [-0.05, 0) is 31.9 Å². The van der Waals surface area contributed by atoms with E-state index < -0.39 is 11.5 Å². The zero-order valence-corrected chi connectivity index (χ0v) is 11.3. The molecule has 104 valence electrons. The maximum absolute atomic E-state index is 12.1. The van der Waals surface area contributed by atoms with Crippen molar-refractivity contribution < 1.29 is 14.7 Å². The molecule has 0 saturated carbocycles. The number of pyridine rings is 1. The maximum atomic E-state index is 12.1. The molecule has 0 fully saturated rings. The Kier molecular flexibility index (Phi) is 4.86. The van der Waals surface area contributed by atoms with Gasteiger partial charge in [0.2, 0.25) is 5.91 Å². The Balaban J connectivity index is 3.02. The lowest BCUT2D eigenvalue weighted by atomic mass is 10.1. The van der Waals surface area contributed by atoms with Gasteiger partial charge in [-0.2, -0.15) is 0 Å². The standard InChI is InChI=1S/C13H18N2O4/c1-8-7-9(2)15(6-4-5-10(16)14-3)12(17)11(8)13(18)19/h7H,4-6H2,1-3H3,(H,14,16)(H,18,19). The highest BCUT2D eigenvalue weighted by atomic mass is 16.4. The topological polar surface area (TPSA) is 88.4 Å². The fraction of sp³-hybridized carbons (Fsp3) is 0.462. The summed E-state index contributed by atoms with van der Waals surface area (Å²) in [6.45, 7) is 3.69. The number of aryl methyl sites for hydroxylation is 2. The van der Waals surface area contributed by atoms with E-state index >= 15 is 0 Å². The van der Waals surface area contributed by atoms with Crippen LogP contribution in [0.2, 0.25) is 0 Å². The minimum absolute atomic E-state index is 0.101. The number of rotatable bonds is 5. The number of hydrogen-bond acceptors (Lipinski definition) is 3. The summed E-state index contributed by atoms with van der Waals surface area (Å²) in [4.78, 5) is 34.2. The molecule has 0 spiro atoms. The fourth-order valence-electron chi connectivity index (χ4n) is 1.99. The van der Waals surface area contributed by atoms with Crippen molar-refractivity contribution >= 4 is 11.9 Å². The molecule has 1 amide bonds. The summed E-state index contributed by atoms with van der Waals surface area (Å²) in [6, 6.07) is 1.67. The number of aromatic carboxylic acids is 1. The largest absolute Gasteiger partial charge is 0.477 e. The van der Waals surface area contributed by atoms with Crippen LogP contribution >= 0.6 is 0 Å². The van der Waals surface area contributed by atoms with Gasteiger partial charge in [0, 0.05) is 25.7 Å². The molecule has 0 atom stereocenters. The fourth-order valence-corrected chi connectivity index (χ4v) is 1.99. The lowest BCUT2D eigenvalue weighted by Crippen LogP contribution is -2.30. The van der Waals surface area contributed by atoms with Crippen LogP contribution in [0.4, 0.5) is 0 Å². The highest BCUT2D eigenvalue weighted by molar-refractivity contribution is 5.88. The lowest BCUT2D eigenvalue weighted by Gasteiger charge is -2.12. The van der Waals surface area contributed by atoms with Crippen molar-refractivity contribution in [3.63, 3.8) is 0 Å². The van der Waals surface area contributed by atoms with Crippen LogP contribution in [-0.4, -0.2) is 28.6 Å². The molecule has 0 saturated heterocycles. The zero-order valence-electron chi connectivity index (χ0n) is 11.3. The highest BCUT2D eigenvalue weighted by Crippen LogP contribution is 2.07. The third-order valence-corrected chi connectivity index (χ3v) is 2.98. The van der Waals surface area contributed by atoms with Crippen molar-refractivity contribution in [1.29, 1.82) is 0 Å². The molecule has 0 unspecified atom stereocenters. The second kappa shape index (κ2) is 6.17. The van der Waals surface area contributed by atoms with Gasteiger partial charge in [0.05, 0.1) is 0 Å². The van der Waals surface area contributed by atoms with E-state index in [0.29, 0.717) is 30.6 Å². The zero-order chi connectivity index (χ0) is 14.6. The molecule has 2 N–H and O–H groups in total. The summed E-state index contributed by atoms with van der Waals surface area (Å²) in [5.41, 5.74) is 0.439. The third-order valence-electron chi connectivity index (χ3n) is 2.98. The van der Waals surface area contributed by atoms with Crippen molar-refractivity contribution in [2.75, 3.05) is 7.05 Å². The molecule has 0 aromatic carbocycles. The molecule has 1 aromatic heterocycles. The number of carbonyl (C=O) groups is 2. The number of carbonyl (C=O) groups excluding carboxylic acids is 1. The van der Waals surface area contributed by atoms with Gasteiger partial charge in [-0.15, -0.1) is 0 Å². The van der Waals surface area contributed by atoms with Crippen molar-refractivity contribution in [1.82, 2.24) is 9.88 Å². The number of nitrogens with zero attached hydrogens (tertiary/aromatic N) is 1. The Morgan fingerprint density at radius 2 is 2.00 bits per heavy atom. The van der Waals surface area contributed by atoms with Crippen molar-refractivity contribution in [2.45, 2.75) is 33.2 Å². The number of hydrogen-bond donors (Lipinski definition) is 2. The van der Waals surface area contributed by atoms with E-state index in [4.69, 9.17) is 5.11 Å². The minimum Gasteiger partial charge on any atom is -0.477 e. The smallest absolute Gasteiger partial charge is 0.341 e. The summed E-state index contributed by atoms with van der Waals surface area (Å²) >= 11 is 0. The molecule has 19 heavy (non-hydrogen) atoms. The van der Waals surface area contributed by atoms with Gasteiger partial charge in [0.1, 0.15) is 5.56 Å². The third kappa shape index (κ3) is 3.43. The Morgan fingerprint density at radius 3 is 2.53 bits per heavy atom. The second-order valence-electron chi connectivity index (χ2n) is 4.38. The van der Waals surface area contributed by atoms with Crippen LogP contribution in [0.15, 0.2) is 10.9 Å². The van der Waals surface area contributed by atoms with Gasteiger partial charge >= 0.3 is 5.97 Å². The Bertz CT molecular complexity index is 560. The molecule has 0 aliphatic carbocycles. The van der Waals surface area contributed by atoms with Crippen molar-refractivity contribution in [2.24, 2.45) is 0 Å². The van der Waals surface area contributed by atoms with Crippen molar-refractivity contribution in [3.05, 3.63) is 33.2 Å². The molecule has 6 heteroatoms. The number of aromatic nitrogens is 1. The monoisotopic (exact) mass is 266 g/mol. The molecule has 0 aliphatic heterocycles. The van der Waals surface area contributed by atoms with Gasteiger partial charge in [-0.3, -0.25) is 9.59 Å². The summed E-state index contributed by atoms with van der Waals surface area (Å²) in [5.74, 6) is -1.32. The normalized spacial score (nSPS) is 10.3. The first-order valence-electron chi connectivity index (χ1n) is 6.03. The molecule has 1 rings (SSSR count). The van der Waals surface area contributed by atoms with Crippen LogP contribution in [0.25, 0.3) is 0 Å². The Morgan fingerprint density at radius 1 is 1.37 bits per heavy atom. The quantitative estimate of drug-likeness (QED) is 0.820. The first-order valence-corrected chi connectivity index (χ1v) is 6.03. The number of amides is 1. The second-order valence-corrected chi connectivity index (χ2v) is 4.38. The lowest BCUT2D eigenvalue weighted by molar-refractivity contribution is -0.120. The van der Waals surface area contributed by atoms with Gasteiger partial charge in [0.15, 0.2) is 0 Å². The SMILES string of the molecule is CNC(=O)CCCn1c(C)cc(C)c(C(=O)O)c1=O. The molecule has 0 radical (unpaired) electrons. The van der Waals surface area contributed by atoms with Gasteiger partial charge in [-0.1, -0.05) is 0 Å². The average molecular weight is 266 g/mol. The predicted molar refractivity (Wildman–Crippen MR) is 70.4 cm³/mol. The van der Waals surface area contributed by atoms with Crippen LogP contribution in [0.3, 0.4) is 0 Å². The van der Waals surface area contributed by atoms with E-state index in [9.17, 15) is 14.4 Å². The molecule has 0 aliphatic rings. The molecule has 1 heterocycles. The molecule has 1 aromatic rings. The van der Waals surface area contributed by atoms with E-state index in [1.54, 1.807) is 27.0 Å². The average Bonchev–Trinajstić information content (AvgIpc) is 2.31. The molecule has 0 bridgehead atoms. The maximum Gasteiger partial charge on any atom is 0.341 e. The summed E-state index contributed by atoms with van der Waals surface area (Å²) in [5, 5.41) is 11.5. The number of nitrogens with one attached hydrogen (secondary N) is 1. The number of carboxylic acid groups (broad SMARTS) is 1. The summed E-state index contributed by atoms with van der Waals surface area (Å²) < 4.78 is 1.40. The van der Waals surface area contributed by atoms with Crippen LogP contribution in [0, 0.1) is 13.8 Å². The molecule has 6 nitrogen and oxygen atoms in total. The van der Waals surface area contributed by atoms with Crippen LogP contribution in [-0.2, 0) is 11.3 Å². The minimum atomic E-state index is -1.22. The predicted octanol–water partition coefficient (Wildman–Crippen LogP) is 0.690. The van der Waals surface area contributed by atoms with Crippen LogP contribution in [0.5, 0.6) is 0 Å². The van der Waals surface area contributed by atoms with Gasteiger partial charge < -0.3 is 15.0 Å². The van der Waals surface area contributed by atoms with E-state index in [2.05, 4.69) is 5.32 Å². The van der Waals surface area contributed by atoms with E-state index in [-0.39, 0.29) is 11.5 Å². The van der Waals surface area contributed by atoms with E-state index in [1.165, 1.54) is 4.57 Å². The molecular formula is C13H18N2O4. The van der Waals surface area contributed by atoms with Crippen LogP contribution < -0.4 is 10.9 Å². The first-order chi connectivity index (χ1) is 8.88. The van der Waals surface area contributed by atoms with Crippen molar-refractivity contribution in [3.8, 4) is 0 Å².